The molecule has 2 nitrogen and oxygen atoms in total. The van der Waals surface area contributed by atoms with Crippen molar-refractivity contribution in [2.75, 3.05) is 0 Å². The Hall–Kier alpha value is -4.04. The van der Waals surface area contributed by atoms with Crippen molar-refractivity contribution in [1.82, 2.24) is 9.13 Å². The van der Waals surface area contributed by atoms with Crippen LogP contribution in [-0.2, 0) is 7.05 Å². The Kier molecular flexibility index (Phi) is 3.23. The topological polar surface area (TPSA) is 9.86 Å². The predicted molar refractivity (Wildman–Crippen MR) is 132 cm³/mol. The van der Waals surface area contributed by atoms with Crippen molar-refractivity contribution >= 4 is 54.4 Å². The molecule has 2 heterocycles. The summed E-state index contributed by atoms with van der Waals surface area (Å²) in [6.07, 6.45) is 0. The molecule has 0 amide bonds. The molecule has 0 N–H and O–H groups in total. The second-order valence-electron chi connectivity index (χ2n) is 8.35. The highest BCUT2D eigenvalue weighted by atomic mass is 15.0. The Balaban J connectivity index is 1.70. The van der Waals surface area contributed by atoms with E-state index in [1.165, 1.54) is 60.1 Å². The van der Waals surface area contributed by atoms with Crippen molar-refractivity contribution in [1.29, 1.82) is 0 Å². The summed E-state index contributed by atoms with van der Waals surface area (Å²) in [7, 11) is 2.18. The monoisotopic (exact) mass is 396 g/mol. The largest absolute Gasteiger partial charge is 0.344 e. The zero-order valence-electron chi connectivity index (χ0n) is 17.2. The average Bonchev–Trinajstić information content (AvgIpc) is 3.29. The molecule has 0 bridgehead atoms. The molecule has 7 aromatic rings. The summed E-state index contributed by atoms with van der Waals surface area (Å²) in [5, 5.41) is 7.76. The standard InChI is InChI=1S/C29H20N2/c1-30-27-16-20-10-6-5-9-19(20)15-23(27)25-18-29-24(17-28(25)30)22-13-7-8-14-26(22)31(29)21-11-3-2-4-12-21/h2-18H,1H3. The minimum absolute atomic E-state index is 1.19. The molecule has 0 atom stereocenters. The summed E-state index contributed by atoms with van der Waals surface area (Å²) in [4.78, 5) is 0. The lowest BCUT2D eigenvalue weighted by molar-refractivity contribution is 1.02. The third kappa shape index (κ3) is 2.22. The SMILES string of the molecule is Cn1c2cc3ccccc3cc2c2cc3c(cc21)c1ccccc1n3-c1ccccc1. The van der Waals surface area contributed by atoms with Crippen LogP contribution in [0.5, 0.6) is 0 Å². The maximum atomic E-state index is 2.39. The first-order valence-electron chi connectivity index (χ1n) is 10.7. The number of aryl methyl sites for hydroxylation is 1. The van der Waals surface area contributed by atoms with Crippen LogP contribution >= 0.6 is 0 Å². The maximum Gasteiger partial charge on any atom is 0.0548 e. The summed E-state index contributed by atoms with van der Waals surface area (Å²) in [6, 6.07) is 37.4. The fourth-order valence-corrected chi connectivity index (χ4v) is 5.20. The molecule has 0 aliphatic carbocycles. The zero-order chi connectivity index (χ0) is 20.5. The average molecular weight is 396 g/mol. The van der Waals surface area contributed by atoms with Crippen LogP contribution in [0.1, 0.15) is 0 Å². The molecule has 2 aromatic heterocycles. The van der Waals surface area contributed by atoms with Crippen LogP contribution in [0.3, 0.4) is 0 Å². The van der Waals surface area contributed by atoms with E-state index in [1.807, 2.05) is 0 Å². The molecule has 0 radical (unpaired) electrons. The van der Waals surface area contributed by atoms with Gasteiger partial charge in [0, 0.05) is 45.3 Å². The summed E-state index contributed by atoms with van der Waals surface area (Å²) < 4.78 is 4.73. The van der Waals surface area contributed by atoms with Gasteiger partial charge in [-0.3, -0.25) is 0 Å². The van der Waals surface area contributed by atoms with Crippen LogP contribution < -0.4 is 0 Å². The van der Waals surface area contributed by atoms with E-state index in [4.69, 9.17) is 0 Å². The highest BCUT2D eigenvalue weighted by Crippen LogP contribution is 2.38. The highest BCUT2D eigenvalue weighted by molar-refractivity contribution is 6.19. The normalized spacial score (nSPS) is 12.0. The first-order chi connectivity index (χ1) is 15.3. The molecule has 0 spiro atoms. The van der Waals surface area contributed by atoms with Gasteiger partial charge in [-0.25, -0.2) is 0 Å². The summed E-state index contributed by atoms with van der Waals surface area (Å²) in [5.41, 5.74) is 6.23. The van der Waals surface area contributed by atoms with Gasteiger partial charge >= 0.3 is 0 Å². The lowest BCUT2D eigenvalue weighted by Crippen LogP contribution is -1.93. The molecule has 5 aromatic carbocycles. The van der Waals surface area contributed by atoms with Gasteiger partial charge in [0.25, 0.3) is 0 Å². The molecule has 0 unspecified atom stereocenters. The molecule has 0 saturated heterocycles. The molecule has 2 heteroatoms. The lowest BCUT2D eigenvalue weighted by Gasteiger charge is -2.07. The van der Waals surface area contributed by atoms with E-state index in [0.29, 0.717) is 0 Å². The predicted octanol–water partition coefficient (Wildman–Crippen LogP) is 7.58. The van der Waals surface area contributed by atoms with E-state index < -0.39 is 0 Å². The Morgan fingerprint density at radius 1 is 0.452 bits per heavy atom. The van der Waals surface area contributed by atoms with Crippen LogP contribution in [0, 0.1) is 0 Å². The first kappa shape index (κ1) is 16.7. The zero-order valence-corrected chi connectivity index (χ0v) is 17.2. The maximum absolute atomic E-state index is 2.39. The van der Waals surface area contributed by atoms with E-state index in [2.05, 4.69) is 119 Å². The van der Waals surface area contributed by atoms with Gasteiger partial charge in [0.2, 0.25) is 0 Å². The van der Waals surface area contributed by atoms with Gasteiger partial charge in [0.05, 0.1) is 11.0 Å². The second kappa shape index (κ2) is 5.99. The van der Waals surface area contributed by atoms with E-state index in [1.54, 1.807) is 0 Å². The Morgan fingerprint density at radius 2 is 1.03 bits per heavy atom. The van der Waals surface area contributed by atoms with Crippen LogP contribution in [0.4, 0.5) is 0 Å². The minimum atomic E-state index is 1.19. The van der Waals surface area contributed by atoms with Gasteiger partial charge in [-0.2, -0.15) is 0 Å². The number of para-hydroxylation sites is 2. The molecule has 0 fully saturated rings. The molecule has 146 valence electrons. The van der Waals surface area contributed by atoms with Crippen molar-refractivity contribution in [2.45, 2.75) is 0 Å². The highest BCUT2D eigenvalue weighted by Gasteiger charge is 2.16. The Labute approximate surface area is 179 Å². The third-order valence-corrected chi connectivity index (χ3v) is 6.68. The van der Waals surface area contributed by atoms with E-state index >= 15 is 0 Å². The van der Waals surface area contributed by atoms with Crippen molar-refractivity contribution in [3.8, 4) is 5.69 Å². The number of nitrogens with zero attached hydrogens (tertiary/aromatic N) is 2. The summed E-state index contributed by atoms with van der Waals surface area (Å²) >= 11 is 0. The van der Waals surface area contributed by atoms with Crippen molar-refractivity contribution < 1.29 is 0 Å². The summed E-state index contributed by atoms with van der Waals surface area (Å²) in [6.45, 7) is 0. The number of fused-ring (bicyclic) bond motifs is 7. The molecular formula is C29H20N2. The number of rotatable bonds is 1. The number of hydrogen-bond acceptors (Lipinski definition) is 0. The molecular weight excluding hydrogens is 376 g/mol. The molecule has 0 aliphatic rings. The lowest BCUT2D eigenvalue weighted by atomic mass is 10.1. The van der Waals surface area contributed by atoms with Crippen molar-refractivity contribution in [2.24, 2.45) is 7.05 Å². The van der Waals surface area contributed by atoms with Crippen molar-refractivity contribution in [3.63, 3.8) is 0 Å². The quantitative estimate of drug-likeness (QED) is 0.271. The molecule has 0 saturated carbocycles. The van der Waals surface area contributed by atoms with Gasteiger partial charge in [-0.15, -0.1) is 0 Å². The smallest absolute Gasteiger partial charge is 0.0548 e. The molecule has 0 aliphatic heterocycles. The van der Waals surface area contributed by atoms with E-state index in [-0.39, 0.29) is 0 Å². The number of aromatic nitrogens is 2. The summed E-state index contributed by atoms with van der Waals surface area (Å²) in [5.74, 6) is 0. The third-order valence-electron chi connectivity index (χ3n) is 6.68. The van der Waals surface area contributed by atoms with Crippen molar-refractivity contribution in [3.05, 3.63) is 103 Å². The molecule has 7 rings (SSSR count). The fourth-order valence-electron chi connectivity index (χ4n) is 5.20. The number of hydrogen-bond donors (Lipinski definition) is 0. The van der Waals surface area contributed by atoms with Gasteiger partial charge in [-0.1, -0.05) is 60.7 Å². The fraction of sp³-hybridized carbons (Fsp3) is 0.0345. The van der Waals surface area contributed by atoms with Crippen LogP contribution in [-0.4, -0.2) is 9.13 Å². The van der Waals surface area contributed by atoms with E-state index in [0.717, 1.165) is 0 Å². The first-order valence-corrected chi connectivity index (χ1v) is 10.7. The van der Waals surface area contributed by atoms with Crippen LogP contribution in [0.15, 0.2) is 103 Å². The van der Waals surface area contributed by atoms with Gasteiger partial charge in [0.1, 0.15) is 0 Å². The number of benzene rings is 5. The van der Waals surface area contributed by atoms with Gasteiger partial charge in [-0.05, 0) is 53.2 Å². The minimum Gasteiger partial charge on any atom is -0.344 e. The van der Waals surface area contributed by atoms with E-state index in [9.17, 15) is 0 Å². The Morgan fingerprint density at radius 3 is 1.87 bits per heavy atom. The molecule has 31 heavy (non-hydrogen) atoms. The van der Waals surface area contributed by atoms with Crippen LogP contribution in [0.25, 0.3) is 60.1 Å². The van der Waals surface area contributed by atoms with Gasteiger partial charge in [0.15, 0.2) is 0 Å². The second-order valence-corrected chi connectivity index (χ2v) is 8.35. The Bertz CT molecular complexity index is 1780. The van der Waals surface area contributed by atoms with Crippen LogP contribution in [0.2, 0.25) is 0 Å². The van der Waals surface area contributed by atoms with Gasteiger partial charge < -0.3 is 9.13 Å².